The predicted octanol–water partition coefficient (Wildman–Crippen LogP) is 8.59. The molecular weight excluding hydrogens is 331 g/mol. The van der Waals surface area contributed by atoms with Gasteiger partial charge in [-0.05, 0) is 85.2 Å². The van der Waals surface area contributed by atoms with Gasteiger partial charge in [0.1, 0.15) is 0 Å². The molecule has 0 aliphatic rings. The molecule has 0 spiro atoms. The molecule has 0 aromatic heterocycles. The van der Waals surface area contributed by atoms with Crippen LogP contribution in [0.4, 0.5) is 0 Å². The van der Waals surface area contributed by atoms with E-state index < -0.39 is 0 Å². The first kappa shape index (κ1) is 25.1. The zero-order chi connectivity index (χ0) is 20.2. The van der Waals surface area contributed by atoms with Gasteiger partial charge >= 0.3 is 0 Å². The molecule has 148 valence electrons. The Morgan fingerprint density at radius 3 is 2.04 bits per heavy atom. The van der Waals surface area contributed by atoms with Gasteiger partial charge in [-0.3, -0.25) is 0 Å². The van der Waals surface area contributed by atoms with Crippen molar-refractivity contribution in [2.75, 3.05) is 6.16 Å². The van der Waals surface area contributed by atoms with E-state index in [9.17, 15) is 0 Å². The Hall–Kier alpha value is -0.870. The van der Waals surface area contributed by atoms with E-state index in [4.69, 9.17) is 0 Å². The number of hydrogen-bond acceptors (Lipinski definition) is 0. The molecule has 0 saturated carbocycles. The highest BCUT2D eigenvalue weighted by atomic mass is 31.0. The summed E-state index contributed by atoms with van der Waals surface area (Å²) in [4.78, 5) is 0. The van der Waals surface area contributed by atoms with E-state index in [-0.39, 0.29) is 0 Å². The Kier molecular flexibility index (Phi) is 12.9. The molecule has 0 aliphatic heterocycles. The van der Waals surface area contributed by atoms with Gasteiger partial charge in [0.2, 0.25) is 0 Å². The van der Waals surface area contributed by atoms with Gasteiger partial charge in [-0.15, -0.1) is 9.24 Å². The maximum absolute atomic E-state index is 2.77. The van der Waals surface area contributed by atoms with Crippen molar-refractivity contribution < 1.29 is 0 Å². The molecule has 1 unspecified atom stereocenters. The molecule has 1 atom stereocenters. The Bertz CT molecular complexity index is 561. The minimum absolute atomic E-state index is 0.314. The van der Waals surface area contributed by atoms with Gasteiger partial charge in [-0.25, -0.2) is 0 Å². The lowest BCUT2D eigenvalue weighted by molar-refractivity contribution is 0.366. The quantitative estimate of drug-likeness (QED) is 0.193. The summed E-state index contributed by atoms with van der Waals surface area (Å²) in [5, 5.41) is 0. The first-order valence-corrected chi connectivity index (χ1v) is 10.9. The molecule has 0 heterocycles. The van der Waals surface area contributed by atoms with E-state index in [1.165, 1.54) is 40.7 Å². The molecule has 0 aromatic carbocycles. The highest BCUT2D eigenvalue weighted by Gasteiger charge is 2.16. The Labute approximate surface area is 166 Å². The third kappa shape index (κ3) is 14.3. The molecule has 0 aliphatic carbocycles. The second-order valence-electron chi connectivity index (χ2n) is 8.84. The first-order chi connectivity index (χ1) is 12.1. The molecule has 0 amide bonds. The second kappa shape index (κ2) is 13.3. The van der Waals surface area contributed by atoms with Crippen LogP contribution in [0.1, 0.15) is 87.5 Å². The lowest BCUT2D eigenvalue weighted by atomic mass is 9.82. The third-order valence-corrected chi connectivity index (χ3v) is 4.77. The molecule has 0 fully saturated rings. The largest absolute Gasteiger partial charge is 0.134 e. The van der Waals surface area contributed by atoms with Gasteiger partial charge in [0, 0.05) is 0 Å². The van der Waals surface area contributed by atoms with Crippen molar-refractivity contribution in [3.05, 3.63) is 58.2 Å². The summed E-state index contributed by atoms with van der Waals surface area (Å²) in [7, 11) is 2.77. The van der Waals surface area contributed by atoms with Crippen LogP contribution in [0.5, 0.6) is 0 Å². The van der Waals surface area contributed by atoms with E-state index in [2.05, 4.69) is 95.0 Å². The Morgan fingerprint density at radius 1 is 0.808 bits per heavy atom. The molecule has 0 rings (SSSR count). The van der Waals surface area contributed by atoms with E-state index in [1.807, 2.05) is 0 Å². The van der Waals surface area contributed by atoms with Gasteiger partial charge in [-0.1, -0.05) is 72.1 Å². The summed E-state index contributed by atoms with van der Waals surface area (Å²) >= 11 is 0. The Balaban J connectivity index is 4.60. The predicted molar refractivity (Wildman–Crippen MR) is 126 cm³/mol. The SMILES string of the molecule is CC(C)=CC/C(C)=C/C(C)=C/CC(C)(C)C/C(C)=C/CC/C(C)=C/CP. The molecule has 0 N–H and O–H groups in total. The minimum Gasteiger partial charge on any atom is -0.134 e. The number of rotatable bonds is 11. The van der Waals surface area contributed by atoms with Gasteiger partial charge in [-0.2, -0.15) is 0 Å². The van der Waals surface area contributed by atoms with Crippen LogP contribution in [0.25, 0.3) is 0 Å². The highest BCUT2D eigenvalue weighted by molar-refractivity contribution is 7.16. The van der Waals surface area contributed by atoms with Crippen LogP contribution < -0.4 is 0 Å². The molecule has 0 bridgehead atoms. The van der Waals surface area contributed by atoms with Crippen LogP contribution in [-0.4, -0.2) is 6.16 Å². The van der Waals surface area contributed by atoms with Crippen LogP contribution >= 0.6 is 9.24 Å². The van der Waals surface area contributed by atoms with Crippen molar-refractivity contribution in [1.29, 1.82) is 0 Å². The smallest absolute Gasteiger partial charge is 0.0136 e. The second-order valence-corrected chi connectivity index (χ2v) is 9.32. The van der Waals surface area contributed by atoms with E-state index in [0.29, 0.717) is 5.41 Å². The van der Waals surface area contributed by atoms with Crippen molar-refractivity contribution in [3.63, 3.8) is 0 Å². The molecule has 26 heavy (non-hydrogen) atoms. The summed E-state index contributed by atoms with van der Waals surface area (Å²) in [6.07, 6.45) is 18.5. The highest BCUT2D eigenvalue weighted by Crippen LogP contribution is 2.30. The summed E-state index contributed by atoms with van der Waals surface area (Å²) in [5.41, 5.74) is 7.54. The van der Waals surface area contributed by atoms with Crippen molar-refractivity contribution in [1.82, 2.24) is 0 Å². The van der Waals surface area contributed by atoms with Crippen LogP contribution in [0.3, 0.4) is 0 Å². The van der Waals surface area contributed by atoms with Gasteiger partial charge in [0.05, 0.1) is 0 Å². The molecular formula is C25H43P. The third-order valence-electron chi connectivity index (χ3n) is 4.54. The summed E-state index contributed by atoms with van der Waals surface area (Å²) < 4.78 is 0. The van der Waals surface area contributed by atoms with Gasteiger partial charge in [0.15, 0.2) is 0 Å². The Morgan fingerprint density at radius 2 is 1.46 bits per heavy atom. The maximum atomic E-state index is 2.77. The number of hydrogen-bond donors (Lipinski definition) is 0. The minimum atomic E-state index is 0.314. The summed E-state index contributed by atoms with van der Waals surface area (Å²) in [5.74, 6) is 0. The topological polar surface area (TPSA) is 0 Å². The van der Waals surface area contributed by atoms with Crippen LogP contribution in [0.2, 0.25) is 0 Å². The van der Waals surface area contributed by atoms with E-state index >= 15 is 0 Å². The van der Waals surface area contributed by atoms with E-state index in [1.54, 1.807) is 0 Å². The van der Waals surface area contributed by atoms with Crippen LogP contribution in [0, 0.1) is 5.41 Å². The zero-order valence-corrected chi connectivity index (χ0v) is 19.9. The van der Waals surface area contributed by atoms with E-state index in [0.717, 1.165) is 25.4 Å². The fourth-order valence-corrected chi connectivity index (χ4v) is 3.46. The molecule has 1 heteroatoms. The number of allylic oxidation sites excluding steroid dienone is 10. The lowest BCUT2D eigenvalue weighted by Gasteiger charge is -2.24. The van der Waals surface area contributed by atoms with Crippen molar-refractivity contribution >= 4 is 9.24 Å². The van der Waals surface area contributed by atoms with Gasteiger partial charge < -0.3 is 0 Å². The maximum Gasteiger partial charge on any atom is -0.0136 e. The summed E-state index contributed by atoms with van der Waals surface area (Å²) in [6, 6.07) is 0. The average molecular weight is 375 g/mol. The van der Waals surface area contributed by atoms with Gasteiger partial charge in [0.25, 0.3) is 0 Å². The van der Waals surface area contributed by atoms with Crippen molar-refractivity contribution in [2.24, 2.45) is 5.41 Å². The fraction of sp³-hybridized carbons (Fsp3) is 0.600. The normalized spacial score (nSPS) is 14.7. The fourth-order valence-electron chi connectivity index (χ4n) is 3.06. The van der Waals surface area contributed by atoms with Crippen LogP contribution in [0.15, 0.2) is 58.2 Å². The molecule has 0 aromatic rings. The van der Waals surface area contributed by atoms with Crippen molar-refractivity contribution in [3.8, 4) is 0 Å². The average Bonchev–Trinajstić information content (AvgIpc) is 2.51. The monoisotopic (exact) mass is 374 g/mol. The van der Waals surface area contributed by atoms with Crippen LogP contribution in [-0.2, 0) is 0 Å². The molecule has 0 radical (unpaired) electrons. The van der Waals surface area contributed by atoms with Crippen molar-refractivity contribution in [2.45, 2.75) is 87.5 Å². The zero-order valence-electron chi connectivity index (χ0n) is 18.7. The first-order valence-electron chi connectivity index (χ1n) is 10.0. The standard InChI is InChI=1S/C25H43P/c1-20(2)12-13-22(4)18-23(5)14-16-25(7,8)19-24(6)11-9-10-21(3)15-17-26/h11-12,14-15,18H,9-10,13,16-17,19,26H2,1-8H3/b21-15+,22-18+,23-14+,24-11+. The summed E-state index contributed by atoms with van der Waals surface area (Å²) in [6.45, 7) is 18.1. The lowest BCUT2D eigenvalue weighted by Crippen LogP contribution is -2.10. The molecule has 0 saturated heterocycles. The molecule has 0 nitrogen and oxygen atoms in total.